The van der Waals surface area contributed by atoms with Crippen LogP contribution in [0.25, 0.3) is 0 Å². The van der Waals surface area contributed by atoms with Gasteiger partial charge in [-0.15, -0.1) is 0 Å². The summed E-state index contributed by atoms with van der Waals surface area (Å²) in [6.45, 7) is 6.23. The number of carbonyl (C=O) groups is 1. The van der Waals surface area contributed by atoms with Crippen LogP contribution < -0.4 is 9.80 Å². The Labute approximate surface area is 135 Å². The van der Waals surface area contributed by atoms with Crippen molar-refractivity contribution >= 4 is 17.3 Å². The highest BCUT2D eigenvalue weighted by Gasteiger charge is 2.32. The summed E-state index contributed by atoms with van der Waals surface area (Å²) in [5, 5.41) is 0. The first-order chi connectivity index (χ1) is 11.1. The summed E-state index contributed by atoms with van der Waals surface area (Å²) in [6, 6.07) is 8.15. The van der Waals surface area contributed by atoms with Crippen LogP contribution in [0.3, 0.4) is 0 Å². The monoisotopic (exact) mass is 311 g/mol. The van der Waals surface area contributed by atoms with Crippen LogP contribution >= 0.6 is 0 Å². The number of nitrogens with zero attached hydrogens (tertiary/aromatic N) is 3. The molecule has 120 valence electrons. The second-order valence-corrected chi connectivity index (χ2v) is 6.48. The van der Waals surface area contributed by atoms with E-state index in [0.29, 0.717) is 23.9 Å². The Morgan fingerprint density at radius 3 is 2.61 bits per heavy atom. The maximum absolute atomic E-state index is 12.9. The van der Waals surface area contributed by atoms with Crippen LogP contribution in [0.5, 0.6) is 0 Å². The van der Waals surface area contributed by atoms with Gasteiger partial charge in [0.25, 0.3) is 5.91 Å². The number of carbonyl (C=O) groups excluding carboxylic acids is 1. The van der Waals surface area contributed by atoms with Crippen LogP contribution in [0.2, 0.25) is 0 Å². The van der Waals surface area contributed by atoms with Gasteiger partial charge in [0.2, 0.25) is 5.76 Å². The molecule has 23 heavy (non-hydrogen) atoms. The van der Waals surface area contributed by atoms with E-state index >= 15 is 0 Å². The maximum Gasteiger partial charge on any atom is 0.296 e. The fraction of sp³-hybridized carbons (Fsp3) is 0.444. The Balaban J connectivity index is 1.66. The molecule has 1 saturated carbocycles. The van der Waals surface area contributed by atoms with Crippen LogP contribution in [0.4, 0.5) is 11.4 Å². The zero-order valence-electron chi connectivity index (χ0n) is 13.6. The Kier molecular flexibility index (Phi) is 3.36. The quantitative estimate of drug-likeness (QED) is 0.873. The molecule has 1 fully saturated rings. The highest BCUT2D eigenvalue weighted by Crippen LogP contribution is 2.37. The summed E-state index contributed by atoms with van der Waals surface area (Å²) < 4.78 is 5.53. The Hall–Kier alpha value is -2.30. The van der Waals surface area contributed by atoms with Crippen molar-refractivity contribution in [1.82, 2.24) is 4.98 Å². The lowest BCUT2D eigenvalue weighted by molar-refractivity contribution is 0.0958. The first-order valence-corrected chi connectivity index (χ1v) is 8.23. The van der Waals surface area contributed by atoms with E-state index in [0.717, 1.165) is 30.4 Å². The van der Waals surface area contributed by atoms with Gasteiger partial charge in [0.15, 0.2) is 5.89 Å². The van der Waals surface area contributed by atoms with Crippen LogP contribution in [-0.4, -0.2) is 30.5 Å². The maximum atomic E-state index is 12.9. The standard InChI is InChI=1S/C18H21N3O2/c1-12-17(23-13(2)19-12)18(22)21-10-9-20(11-14-7-8-14)15-5-3-4-6-16(15)21/h3-6,14H,7-11H2,1-2H3. The number of hydrogen-bond acceptors (Lipinski definition) is 4. The van der Waals surface area contributed by atoms with Gasteiger partial charge in [-0.2, -0.15) is 0 Å². The van der Waals surface area contributed by atoms with E-state index in [1.54, 1.807) is 6.92 Å². The van der Waals surface area contributed by atoms with Gasteiger partial charge in [-0.05, 0) is 37.8 Å². The molecule has 1 aromatic heterocycles. The van der Waals surface area contributed by atoms with Crippen molar-refractivity contribution in [2.75, 3.05) is 29.4 Å². The lowest BCUT2D eigenvalue weighted by Crippen LogP contribution is -2.44. The van der Waals surface area contributed by atoms with Gasteiger partial charge in [0.1, 0.15) is 0 Å². The van der Waals surface area contributed by atoms with E-state index in [2.05, 4.69) is 16.0 Å². The molecular weight excluding hydrogens is 290 g/mol. The summed E-state index contributed by atoms with van der Waals surface area (Å²) in [6.07, 6.45) is 2.66. The molecule has 1 aliphatic heterocycles. The van der Waals surface area contributed by atoms with E-state index in [-0.39, 0.29) is 5.91 Å². The second-order valence-electron chi connectivity index (χ2n) is 6.48. The zero-order chi connectivity index (χ0) is 16.0. The summed E-state index contributed by atoms with van der Waals surface area (Å²) >= 11 is 0. The molecule has 0 spiro atoms. The first kappa shape index (κ1) is 14.3. The summed E-state index contributed by atoms with van der Waals surface area (Å²) in [5.74, 6) is 1.62. The average molecular weight is 311 g/mol. The number of anilines is 2. The molecule has 0 saturated heterocycles. The molecule has 0 unspecified atom stereocenters. The molecule has 0 radical (unpaired) electrons. The lowest BCUT2D eigenvalue weighted by atomic mass is 10.1. The third kappa shape index (κ3) is 2.60. The molecule has 5 heteroatoms. The number of aryl methyl sites for hydroxylation is 2. The zero-order valence-corrected chi connectivity index (χ0v) is 13.6. The number of amides is 1. The summed E-state index contributed by atoms with van der Waals surface area (Å²) in [4.78, 5) is 21.4. The first-order valence-electron chi connectivity index (χ1n) is 8.23. The van der Waals surface area contributed by atoms with Crippen molar-refractivity contribution in [2.45, 2.75) is 26.7 Å². The number of para-hydroxylation sites is 2. The van der Waals surface area contributed by atoms with E-state index in [1.807, 2.05) is 30.0 Å². The fourth-order valence-corrected chi connectivity index (χ4v) is 3.29. The number of benzene rings is 1. The molecule has 2 heterocycles. The van der Waals surface area contributed by atoms with Gasteiger partial charge < -0.3 is 14.2 Å². The average Bonchev–Trinajstić information content (AvgIpc) is 3.30. The van der Waals surface area contributed by atoms with E-state index in [1.165, 1.54) is 12.8 Å². The third-order valence-corrected chi connectivity index (χ3v) is 4.63. The molecule has 1 aliphatic carbocycles. The van der Waals surface area contributed by atoms with Crippen LogP contribution in [0.1, 0.15) is 35.0 Å². The molecule has 5 nitrogen and oxygen atoms in total. The second kappa shape index (κ2) is 5.41. The number of hydrogen-bond donors (Lipinski definition) is 0. The van der Waals surface area contributed by atoms with Gasteiger partial charge in [-0.3, -0.25) is 4.79 Å². The van der Waals surface area contributed by atoms with Crippen molar-refractivity contribution in [2.24, 2.45) is 5.92 Å². The van der Waals surface area contributed by atoms with Gasteiger partial charge >= 0.3 is 0 Å². The molecule has 1 amide bonds. The van der Waals surface area contributed by atoms with Gasteiger partial charge in [-0.1, -0.05) is 12.1 Å². The summed E-state index contributed by atoms with van der Waals surface area (Å²) in [5.41, 5.74) is 2.77. The van der Waals surface area contributed by atoms with Crippen molar-refractivity contribution < 1.29 is 9.21 Å². The molecule has 0 bridgehead atoms. The van der Waals surface area contributed by atoms with Crippen molar-refractivity contribution in [3.8, 4) is 0 Å². The van der Waals surface area contributed by atoms with Crippen molar-refractivity contribution in [3.05, 3.63) is 41.6 Å². The third-order valence-electron chi connectivity index (χ3n) is 4.63. The number of aromatic nitrogens is 1. The molecule has 1 aromatic carbocycles. The van der Waals surface area contributed by atoms with Crippen molar-refractivity contribution in [1.29, 1.82) is 0 Å². The highest BCUT2D eigenvalue weighted by atomic mass is 16.4. The molecule has 0 atom stereocenters. The van der Waals surface area contributed by atoms with Crippen LogP contribution in [-0.2, 0) is 0 Å². The molecule has 2 aliphatic rings. The molecule has 4 rings (SSSR count). The van der Waals surface area contributed by atoms with Gasteiger partial charge in [0, 0.05) is 26.6 Å². The minimum absolute atomic E-state index is 0.0957. The predicted molar refractivity (Wildman–Crippen MR) is 89.0 cm³/mol. The number of fused-ring (bicyclic) bond motifs is 1. The minimum atomic E-state index is -0.0957. The van der Waals surface area contributed by atoms with Crippen LogP contribution in [0, 0.1) is 19.8 Å². The number of rotatable bonds is 3. The van der Waals surface area contributed by atoms with Gasteiger partial charge in [0.05, 0.1) is 17.1 Å². The van der Waals surface area contributed by atoms with Gasteiger partial charge in [-0.25, -0.2) is 4.98 Å². The Morgan fingerprint density at radius 2 is 1.96 bits per heavy atom. The highest BCUT2D eigenvalue weighted by molar-refractivity contribution is 6.07. The van der Waals surface area contributed by atoms with Crippen LogP contribution in [0.15, 0.2) is 28.7 Å². The Bertz CT molecular complexity index is 748. The predicted octanol–water partition coefficient (Wildman–Crippen LogP) is 3.17. The molecular formula is C18H21N3O2. The SMILES string of the molecule is Cc1nc(C)c(C(=O)N2CCN(CC3CC3)c3ccccc32)o1. The topological polar surface area (TPSA) is 49.6 Å². The largest absolute Gasteiger partial charge is 0.436 e. The van der Waals surface area contributed by atoms with E-state index < -0.39 is 0 Å². The summed E-state index contributed by atoms with van der Waals surface area (Å²) in [7, 11) is 0. The normalized spacial score (nSPS) is 17.3. The van der Waals surface area contributed by atoms with Crippen molar-refractivity contribution in [3.63, 3.8) is 0 Å². The lowest BCUT2D eigenvalue weighted by Gasteiger charge is -2.37. The van der Waals surface area contributed by atoms with E-state index in [4.69, 9.17) is 4.42 Å². The molecule has 0 N–H and O–H groups in total. The smallest absolute Gasteiger partial charge is 0.296 e. The Morgan fingerprint density at radius 1 is 1.22 bits per heavy atom. The molecule has 2 aromatic rings. The minimum Gasteiger partial charge on any atom is -0.436 e. The van der Waals surface area contributed by atoms with E-state index in [9.17, 15) is 4.79 Å². The number of oxazole rings is 1. The fourth-order valence-electron chi connectivity index (χ4n) is 3.29.